The minimum atomic E-state index is -0.484. The van der Waals surface area contributed by atoms with Gasteiger partial charge in [-0.3, -0.25) is 20.1 Å². The second-order valence-electron chi connectivity index (χ2n) is 4.44. The van der Waals surface area contributed by atoms with Crippen molar-refractivity contribution >= 4 is 17.3 Å². The quantitative estimate of drug-likeness (QED) is 0.543. The molecule has 3 aromatic rings. The summed E-state index contributed by atoms with van der Waals surface area (Å²) in [5.74, 6) is 0. The van der Waals surface area contributed by atoms with Gasteiger partial charge in [0.25, 0.3) is 5.69 Å². The first-order valence-electron chi connectivity index (χ1n) is 6.31. The number of aromatic nitrogens is 3. The number of rotatable bonds is 3. The predicted octanol–water partition coefficient (Wildman–Crippen LogP) is 3.77. The maximum Gasteiger partial charge on any atom is 0.288 e. The monoisotopic (exact) mass is 312 g/mol. The Morgan fingerprint density at radius 1 is 1.00 bits per heavy atom. The third-order valence-electron chi connectivity index (χ3n) is 3.10. The third kappa shape index (κ3) is 2.64. The smallest absolute Gasteiger partial charge is 0.265 e. The van der Waals surface area contributed by atoms with Crippen LogP contribution in [0.25, 0.3) is 22.4 Å². The van der Waals surface area contributed by atoms with Crippen LogP contribution in [0.2, 0.25) is 5.02 Å². The molecule has 0 amide bonds. The SMILES string of the molecule is O=[N+]([O-])c1cnc(-c2ccncc2)c(-c2ccncc2Cl)c1. The van der Waals surface area contributed by atoms with E-state index in [-0.39, 0.29) is 5.69 Å². The largest absolute Gasteiger partial charge is 0.288 e. The average Bonchev–Trinajstić information content (AvgIpc) is 2.55. The summed E-state index contributed by atoms with van der Waals surface area (Å²) >= 11 is 6.18. The van der Waals surface area contributed by atoms with E-state index in [9.17, 15) is 10.1 Å². The Morgan fingerprint density at radius 3 is 2.41 bits per heavy atom. The third-order valence-corrected chi connectivity index (χ3v) is 3.40. The Labute approximate surface area is 130 Å². The molecule has 3 rings (SSSR count). The van der Waals surface area contributed by atoms with Crippen molar-refractivity contribution in [2.24, 2.45) is 0 Å². The molecule has 7 heteroatoms. The van der Waals surface area contributed by atoms with Crippen molar-refractivity contribution in [3.63, 3.8) is 0 Å². The Bertz CT molecular complexity index is 840. The van der Waals surface area contributed by atoms with Gasteiger partial charge in [0.1, 0.15) is 6.20 Å². The van der Waals surface area contributed by atoms with Crippen LogP contribution >= 0.6 is 11.6 Å². The van der Waals surface area contributed by atoms with E-state index in [4.69, 9.17) is 11.6 Å². The lowest BCUT2D eigenvalue weighted by molar-refractivity contribution is -0.385. The van der Waals surface area contributed by atoms with Crippen molar-refractivity contribution in [3.05, 3.63) is 70.4 Å². The summed E-state index contributed by atoms with van der Waals surface area (Å²) in [6, 6.07) is 6.73. The molecular formula is C15H9ClN4O2. The van der Waals surface area contributed by atoms with E-state index in [1.165, 1.54) is 18.5 Å². The fourth-order valence-electron chi connectivity index (χ4n) is 2.09. The van der Waals surface area contributed by atoms with Crippen LogP contribution in [0.4, 0.5) is 5.69 Å². The van der Waals surface area contributed by atoms with Gasteiger partial charge in [-0.05, 0) is 18.2 Å². The highest BCUT2D eigenvalue weighted by molar-refractivity contribution is 6.33. The zero-order valence-electron chi connectivity index (χ0n) is 11.2. The highest BCUT2D eigenvalue weighted by Gasteiger charge is 2.17. The molecule has 0 bridgehead atoms. The van der Waals surface area contributed by atoms with Crippen LogP contribution in [-0.4, -0.2) is 19.9 Å². The van der Waals surface area contributed by atoms with E-state index in [0.29, 0.717) is 21.8 Å². The summed E-state index contributed by atoms with van der Waals surface area (Å²) in [5.41, 5.74) is 2.52. The standard InChI is InChI=1S/C15H9ClN4O2/c16-14-9-18-6-3-12(14)13-7-11(20(21)22)8-19-15(13)10-1-4-17-5-2-10/h1-9H. The number of pyridine rings is 3. The Morgan fingerprint density at radius 2 is 1.73 bits per heavy atom. The summed E-state index contributed by atoms with van der Waals surface area (Å²) in [5, 5.41) is 11.4. The van der Waals surface area contributed by atoms with E-state index in [0.717, 1.165) is 5.56 Å². The van der Waals surface area contributed by atoms with Gasteiger partial charge < -0.3 is 0 Å². The number of hydrogen-bond acceptors (Lipinski definition) is 5. The molecule has 3 heterocycles. The summed E-state index contributed by atoms with van der Waals surface area (Å²) < 4.78 is 0. The minimum Gasteiger partial charge on any atom is -0.265 e. The van der Waals surface area contributed by atoms with Gasteiger partial charge >= 0.3 is 0 Å². The number of nitro groups is 1. The van der Waals surface area contributed by atoms with E-state index >= 15 is 0 Å². The molecule has 108 valence electrons. The normalized spacial score (nSPS) is 10.4. The molecule has 22 heavy (non-hydrogen) atoms. The molecule has 0 aliphatic carbocycles. The number of halogens is 1. The second-order valence-corrected chi connectivity index (χ2v) is 4.85. The fourth-order valence-corrected chi connectivity index (χ4v) is 2.31. The van der Waals surface area contributed by atoms with Gasteiger partial charge in [0.05, 0.1) is 15.6 Å². The second kappa shape index (κ2) is 5.87. The van der Waals surface area contributed by atoms with E-state index < -0.39 is 4.92 Å². The summed E-state index contributed by atoms with van der Waals surface area (Å²) in [7, 11) is 0. The van der Waals surface area contributed by atoms with Crippen LogP contribution < -0.4 is 0 Å². The summed E-state index contributed by atoms with van der Waals surface area (Å²) in [6.45, 7) is 0. The highest BCUT2D eigenvalue weighted by atomic mass is 35.5. The molecular weight excluding hydrogens is 304 g/mol. The molecule has 0 atom stereocenters. The first kappa shape index (κ1) is 14.1. The Balaban J connectivity index is 2.27. The van der Waals surface area contributed by atoms with E-state index in [1.54, 1.807) is 36.8 Å². The van der Waals surface area contributed by atoms with Crippen LogP contribution in [-0.2, 0) is 0 Å². The molecule has 6 nitrogen and oxygen atoms in total. The van der Waals surface area contributed by atoms with Crippen molar-refractivity contribution in [2.45, 2.75) is 0 Å². The molecule has 0 saturated heterocycles. The molecule has 0 N–H and O–H groups in total. The molecule has 0 saturated carbocycles. The molecule has 0 radical (unpaired) electrons. The first-order valence-corrected chi connectivity index (χ1v) is 6.69. The van der Waals surface area contributed by atoms with Gasteiger partial charge in [0.15, 0.2) is 0 Å². The number of hydrogen-bond donors (Lipinski definition) is 0. The van der Waals surface area contributed by atoms with Crippen molar-refractivity contribution in [1.29, 1.82) is 0 Å². The van der Waals surface area contributed by atoms with Crippen LogP contribution in [0, 0.1) is 10.1 Å². The molecule has 0 spiro atoms. The van der Waals surface area contributed by atoms with Crippen molar-refractivity contribution in [1.82, 2.24) is 15.0 Å². The lowest BCUT2D eigenvalue weighted by atomic mass is 10.0. The van der Waals surface area contributed by atoms with Crippen LogP contribution in [0.5, 0.6) is 0 Å². The molecule has 0 aliphatic heterocycles. The molecule has 3 aromatic heterocycles. The summed E-state index contributed by atoms with van der Waals surface area (Å²) in [4.78, 5) is 22.7. The number of nitrogens with zero attached hydrogens (tertiary/aromatic N) is 4. The van der Waals surface area contributed by atoms with E-state index in [2.05, 4.69) is 15.0 Å². The van der Waals surface area contributed by atoms with Gasteiger partial charge in [-0.1, -0.05) is 11.6 Å². The maximum atomic E-state index is 11.0. The van der Waals surface area contributed by atoms with Gasteiger partial charge in [-0.2, -0.15) is 0 Å². The molecule has 0 aliphatic rings. The minimum absolute atomic E-state index is 0.0966. The van der Waals surface area contributed by atoms with Gasteiger partial charge in [0, 0.05) is 47.5 Å². The predicted molar refractivity (Wildman–Crippen MR) is 82.4 cm³/mol. The van der Waals surface area contributed by atoms with E-state index in [1.807, 2.05) is 0 Å². The summed E-state index contributed by atoms with van der Waals surface area (Å²) in [6.07, 6.45) is 7.57. The molecule has 0 aromatic carbocycles. The average molecular weight is 313 g/mol. The Hall–Kier alpha value is -2.86. The van der Waals surface area contributed by atoms with Crippen molar-refractivity contribution < 1.29 is 4.92 Å². The van der Waals surface area contributed by atoms with Gasteiger partial charge in [0.2, 0.25) is 0 Å². The topological polar surface area (TPSA) is 81.8 Å². The van der Waals surface area contributed by atoms with Crippen LogP contribution in [0.1, 0.15) is 0 Å². The van der Waals surface area contributed by atoms with Crippen molar-refractivity contribution in [2.75, 3.05) is 0 Å². The first-order chi connectivity index (χ1) is 10.7. The molecule has 0 unspecified atom stereocenters. The zero-order valence-corrected chi connectivity index (χ0v) is 11.9. The van der Waals surface area contributed by atoms with Gasteiger partial charge in [-0.15, -0.1) is 0 Å². The maximum absolute atomic E-state index is 11.0. The Kier molecular flexibility index (Phi) is 3.76. The lowest BCUT2D eigenvalue weighted by Gasteiger charge is -2.10. The fraction of sp³-hybridized carbons (Fsp3) is 0. The van der Waals surface area contributed by atoms with Crippen molar-refractivity contribution in [3.8, 4) is 22.4 Å². The van der Waals surface area contributed by atoms with Crippen LogP contribution in [0.3, 0.4) is 0 Å². The highest BCUT2D eigenvalue weighted by Crippen LogP contribution is 2.35. The lowest BCUT2D eigenvalue weighted by Crippen LogP contribution is -1.95. The zero-order chi connectivity index (χ0) is 15.5. The molecule has 0 fully saturated rings. The van der Waals surface area contributed by atoms with Gasteiger partial charge in [-0.25, -0.2) is 4.98 Å². The van der Waals surface area contributed by atoms with Crippen LogP contribution in [0.15, 0.2) is 55.2 Å².